The van der Waals surface area contributed by atoms with E-state index < -0.39 is 111 Å². The number of aliphatic hydroxyl groups excluding tert-OH is 7. The number of hydrogen-bond donors (Lipinski definition) is 11. The van der Waals surface area contributed by atoms with Gasteiger partial charge >= 0.3 is 6.09 Å². The molecule has 1 aliphatic carbocycles. The van der Waals surface area contributed by atoms with Crippen LogP contribution in [-0.4, -0.2) is 181 Å². The maximum atomic E-state index is 12.6. The van der Waals surface area contributed by atoms with Crippen molar-refractivity contribution in [3.05, 3.63) is 125 Å². The molecule has 0 bridgehead atoms. The second-order valence-electron chi connectivity index (χ2n) is 16.2. The highest BCUT2D eigenvalue weighted by Gasteiger charge is 2.53. The van der Waals surface area contributed by atoms with Crippen LogP contribution in [-0.2, 0) is 30.3 Å². The first-order chi connectivity index (χ1) is 32.3. The number of aromatic hydroxyl groups is 3. The number of alkyl carbamates (subject to hydrolysis) is 1. The van der Waals surface area contributed by atoms with Crippen molar-refractivity contribution >= 4 is 24.7 Å². The highest BCUT2D eigenvalue weighted by atomic mass is 16.7. The predicted molar refractivity (Wildman–Crippen MR) is 238 cm³/mol. The molecular formula is C47H54N4O16. The molecule has 1 saturated carbocycles. The Morgan fingerprint density at radius 2 is 1.06 bits per heavy atom. The van der Waals surface area contributed by atoms with E-state index in [1.165, 1.54) is 36.8 Å². The van der Waals surface area contributed by atoms with E-state index in [0.717, 1.165) is 0 Å². The molecule has 15 unspecified atom stereocenters. The van der Waals surface area contributed by atoms with E-state index in [-0.39, 0.29) is 47.0 Å². The normalized spacial score (nSPS) is 32.4. The van der Waals surface area contributed by atoms with Crippen molar-refractivity contribution in [2.75, 3.05) is 13.2 Å². The molecule has 0 aromatic heterocycles. The van der Waals surface area contributed by atoms with Gasteiger partial charge in [-0.1, -0.05) is 66.7 Å². The number of phenolic OH excluding ortho intramolecular Hbond substituents is 3. The van der Waals surface area contributed by atoms with Gasteiger partial charge in [-0.05, 0) is 48.4 Å². The van der Waals surface area contributed by atoms with Gasteiger partial charge in [-0.15, -0.1) is 0 Å². The van der Waals surface area contributed by atoms with Gasteiger partial charge in [-0.3, -0.25) is 15.0 Å². The van der Waals surface area contributed by atoms with Crippen molar-refractivity contribution in [3.63, 3.8) is 0 Å². The molecule has 0 spiro atoms. The number of benzene rings is 4. The monoisotopic (exact) mass is 930 g/mol. The number of nitrogens with one attached hydrogen (secondary N) is 1. The first-order valence-corrected chi connectivity index (χ1v) is 21.5. The number of aliphatic hydroxyl groups is 7. The van der Waals surface area contributed by atoms with Crippen LogP contribution in [0, 0.1) is 0 Å². The molecule has 3 fully saturated rings. The zero-order valence-corrected chi connectivity index (χ0v) is 35.8. The molecule has 67 heavy (non-hydrogen) atoms. The molecule has 11 N–H and O–H groups in total. The van der Waals surface area contributed by atoms with Crippen LogP contribution in [0.3, 0.4) is 0 Å². The van der Waals surface area contributed by atoms with E-state index in [1.54, 1.807) is 84.9 Å². The van der Waals surface area contributed by atoms with E-state index in [1.807, 2.05) is 0 Å². The van der Waals surface area contributed by atoms with E-state index in [0.29, 0.717) is 5.56 Å². The summed E-state index contributed by atoms with van der Waals surface area (Å²) in [7, 11) is 0. The summed E-state index contributed by atoms with van der Waals surface area (Å²) in [5.41, 5.74) is 1.54. The Balaban J connectivity index is 1.19. The molecule has 7 rings (SSSR count). The van der Waals surface area contributed by atoms with E-state index >= 15 is 0 Å². The summed E-state index contributed by atoms with van der Waals surface area (Å²) in [6.07, 6.45) is -17.2. The lowest BCUT2D eigenvalue weighted by Gasteiger charge is -2.48. The number of amides is 1. The van der Waals surface area contributed by atoms with Crippen LogP contribution < -0.4 is 5.32 Å². The van der Waals surface area contributed by atoms with Gasteiger partial charge in [0.15, 0.2) is 12.6 Å². The summed E-state index contributed by atoms with van der Waals surface area (Å²) in [4.78, 5) is 26.3. The number of phenols is 3. The average Bonchev–Trinajstić information content (AvgIpc) is 3.33. The van der Waals surface area contributed by atoms with Gasteiger partial charge in [0.2, 0.25) is 0 Å². The number of carbonyl (C=O) groups is 1. The van der Waals surface area contributed by atoms with Crippen LogP contribution in [0.15, 0.2) is 118 Å². The Bertz CT molecular complexity index is 2320. The summed E-state index contributed by atoms with van der Waals surface area (Å²) >= 11 is 0. The number of ether oxygens (including phenoxy) is 5. The smallest absolute Gasteiger partial charge is 0.407 e. The summed E-state index contributed by atoms with van der Waals surface area (Å²) in [5, 5.41) is 113. The highest BCUT2D eigenvalue weighted by molar-refractivity contribution is 5.84. The molecule has 20 heteroatoms. The largest absolute Gasteiger partial charge is 0.507 e. The molecule has 20 nitrogen and oxygen atoms in total. The fraction of sp³-hybridized carbons (Fsp3) is 0.404. The van der Waals surface area contributed by atoms with Gasteiger partial charge in [0.1, 0.15) is 90.9 Å². The SMILES string of the molecule is O=C(NCC1OC(OC2C(N=Cc3ccccc3O)CC(N=Cc3ccccc3O)C(OC3OC(CO)C(O)C(N=Cc4ccccc4O)C3O)C2O)C(O)C(O)C1O)OCc1ccccc1. The van der Waals surface area contributed by atoms with Gasteiger partial charge in [0.25, 0.3) is 0 Å². The Labute approximate surface area is 384 Å². The van der Waals surface area contributed by atoms with Crippen LogP contribution in [0.5, 0.6) is 17.2 Å². The lowest BCUT2D eigenvalue weighted by molar-refractivity contribution is -0.332. The van der Waals surface area contributed by atoms with Crippen LogP contribution in [0.1, 0.15) is 28.7 Å². The Hall–Kier alpha value is -5.88. The number of carbonyl (C=O) groups excluding carboxylic acids is 1. The molecule has 358 valence electrons. The van der Waals surface area contributed by atoms with E-state index in [9.17, 15) is 55.9 Å². The molecular weight excluding hydrogens is 877 g/mol. The van der Waals surface area contributed by atoms with Crippen molar-refractivity contribution in [1.29, 1.82) is 0 Å². The molecule has 0 radical (unpaired) electrons. The van der Waals surface area contributed by atoms with Gasteiger partial charge in [-0.25, -0.2) is 4.79 Å². The van der Waals surface area contributed by atoms with Gasteiger partial charge in [0, 0.05) is 41.9 Å². The maximum absolute atomic E-state index is 12.6. The lowest BCUT2D eigenvalue weighted by Crippen LogP contribution is -2.65. The average molecular weight is 931 g/mol. The molecule has 4 aromatic rings. The molecule has 4 aromatic carbocycles. The third-order valence-corrected chi connectivity index (χ3v) is 11.7. The first kappa shape index (κ1) is 49.0. The van der Waals surface area contributed by atoms with Crippen molar-refractivity contribution in [2.45, 2.75) is 105 Å². The third kappa shape index (κ3) is 12.0. The van der Waals surface area contributed by atoms with Gasteiger partial charge < -0.3 is 80.1 Å². The number of aliphatic imine (C=N–C) groups is 3. The summed E-state index contributed by atoms with van der Waals surface area (Å²) < 4.78 is 29.7. The van der Waals surface area contributed by atoms with Crippen molar-refractivity contribution in [2.24, 2.45) is 15.0 Å². The standard InChI is InChI=1S/C47H54N4O16/c52-23-35-37(56)36(50-21-28-14-6-9-17-33(28)55)39(58)45(65-35)66-43-29(48-19-26-12-4-7-15-31(26)53)18-30(49-20-27-13-5-8-16-32(27)54)44(42(43)61)67-46-41(60)40(59)38(57)34(64-46)22-51-47(62)63-24-25-10-2-1-3-11-25/h1-17,19-21,29-30,34-46,52-61H,18,22-24H2,(H,51,62). The van der Waals surface area contributed by atoms with Crippen LogP contribution in [0.2, 0.25) is 0 Å². The first-order valence-electron chi connectivity index (χ1n) is 21.5. The number of rotatable bonds is 15. The predicted octanol–water partition coefficient (Wildman–Crippen LogP) is 0.274. The summed E-state index contributed by atoms with van der Waals surface area (Å²) in [5.74, 6) is -0.378. The zero-order chi connectivity index (χ0) is 47.6. The topological polar surface area (TPSA) is 315 Å². The Morgan fingerprint density at radius 3 is 1.58 bits per heavy atom. The molecule has 2 heterocycles. The zero-order valence-electron chi connectivity index (χ0n) is 35.8. The van der Waals surface area contributed by atoms with E-state index in [2.05, 4.69) is 20.3 Å². The van der Waals surface area contributed by atoms with Crippen LogP contribution in [0.4, 0.5) is 4.79 Å². The van der Waals surface area contributed by atoms with Crippen molar-refractivity contribution < 1.29 is 79.5 Å². The minimum Gasteiger partial charge on any atom is -0.507 e. The van der Waals surface area contributed by atoms with E-state index in [4.69, 9.17) is 23.7 Å². The van der Waals surface area contributed by atoms with Gasteiger partial charge in [-0.2, -0.15) is 0 Å². The lowest BCUT2D eigenvalue weighted by atomic mass is 9.83. The van der Waals surface area contributed by atoms with Gasteiger partial charge in [0.05, 0.1) is 18.7 Å². The Morgan fingerprint density at radius 1 is 0.582 bits per heavy atom. The minimum atomic E-state index is -1.93. The second-order valence-corrected chi connectivity index (χ2v) is 16.2. The fourth-order valence-electron chi connectivity index (χ4n) is 7.92. The molecule has 2 aliphatic heterocycles. The number of nitrogens with zero attached hydrogens (tertiary/aromatic N) is 3. The Kier molecular flexibility index (Phi) is 16.6. The van der Waals surface area contributed by atoms with Crippen molar-refractivity contribution in [1.82, 2.24) is 5.32 Å². The molecule has 1 amide bonds. The van der Waals surface area contributed by atoms with Crippen LogP contribution >= 0.6 is 0 Å². The quantitative estimate of drug-likeness (QED) is 0.0713. The molecule has 2 saturated heterocycles. The summed E-state index contributed by atoms with van der Waals surface area (Å²) in [6, 6.07) is 24.0. The fourth-order valence-corrected chi connectivity index (χ4v) is 7.92. The molecule has 3 aliphatic rings. The molecule has 15 atom stereocenters. The minimum absolute atomic E-state index is 0.0624. The van der Waals surface area contributed by atoms with Crippen LogP contribution in [0.25, 0.3) is 0 Å². The third-order valence-electron chi connectivity index (χ3n) is 11.7. The van der Waals surface area contributed by atoms with Crippen molar-refractivity contribution in [3.8, 4) is 17.2 Å². The summed E-state index contributed by atoms with van der Waals surface area (Å²) in [6.45, 7) is -1.23. The maximum Gasteiger partial charge on any atom is 0.407 e. The highest BCUT2D eigenvalue weighted by Crippen LogP contribution is 2.36. The number of para-hydroxylation sites is 3. The second kappa shape index (κ2) is 22.7. The number of hydrogen-bond acceptors (Lipinski definition) is 19.